The normalized spacial score (nSPS) is 21.3. The van der Waals surface area contributed by atoms with Crippen LogP contribution < -0.4 is 9.47 Å². The van der Waals surface area contributed by atoms with Crippen LogP contribution in [0.2, 0.25) is 0 Å². The lowest BCUT2D eigenvalue weighted by Crippen LogP contribution is -2.48. The van der Waals surface area contributed by atoms with Gasteiger partial charge in [0.1, 0.15) is 5.69 Å². The number of carbonyl (C=O) groups excluding carboxylic acids is 2. The molecule has 1 amide bonds. The number of likely N-dealkylation sites (tertiary alicyclic amines) is 1. The second-order valence-electron chi connectivity index (χ2n) is 7.99. The van der Waals surface area contributed by atoms with E-state index < -0.39 is 5.60 Å². The first kappa shape index (κ1) is 18.0. The highest BCUT2D eigenvalue weighted by Crippen LogP contribution is 2.43. The number of ether oxygens (including phenoxy) is 3. The van der Waals surface area contributed by atoms with Gasteiger partial charge in [-0.05, 0) is 43.2 Å². The Kier molecular flexibility index (Phi) is 3.83. The van der Waals surface area contributed by atoms with Crippen molar-refractivity contribution >= 4 is 11.9 Å². The maximum absolute atomic E-state index is 13.2. The van der Waals surface area contributed by atoms with Crippen molar-refractivity contribution < 1.29 is 23.8 Å². The summed E-state index contributed by atoms with van der Waals surface area (Å²) in [6, 6.07) is 14.7. The van der Waals surface area contributed by atoms with Crippen LogP contribution >= 0.6 is 0 Å². The summed E-state index contributed by atoms with van der Waals surface area (Å²) in [6.07, 6.45) is 1.45. The molecule has 1 unspecified atom stereocenters. The Bertz CT molecular complexity index is 1220. The fourth-order valence-electron chi connectivity index (χ4n) is 4.65. The third kappa shape index (κ3) is 2.78. The minimum Gasteiger partial charge on any atom is -0.454 e. The molecule has 0 radical (unpaired) electrons. The zero-order chi connectivity index (χ0) is 21.0. The summed E-state index contributed by atoms with van der Waals surface area (Å²) < 4.78 is 16.6. The lowest BCUT2D eigenvalue weighted by molar-refractivity contribution is -0.0443. The van der Waals surface area contributed by atoms with E-state index in [0.29, 0.717) is 48.0 Å². The Morgan fingerprint density at radius 2 is 1.97 bits per heavy atom. The number of benzene rings is 2. The maximum Gasteiger partial charge on any atom is 0.339 e. The number of amides is 1. The van der Waals surface area contributed by atoms with Crippen molar-refractivity contribution in [2.75, 3.05) is 19.9 Å². The first-order valence-corrected chi connectivity index (χ1v) is 10.2. The number of rotatable bonds is 2. The SMILES string of the molecule is O=C1OC2(CCCN(C(=O)c3cc(-c4ccc5c(c4)OCO5)n[nH]3)C2)c2ccccc21. The van der Waals surface area contributed by atoms with E-state index in [1.807, 2.05) is 36.4 Å². The Labute approximate surface area is 177 Å². The van der Waals surface area contributed by atoms with E-state index in [-0.39, 0.29) is 18.7 Å². The first-order valence-electron chi connectivity index (χ1n) is 10.2. The molecular formula is C23H19N3O5. The quantitative estimate of drug-likeness (QED) is 0.644. The number of carbonyl (C=O) groups is 2. The number of esters is 1. The van der Waals surface area contributed by atoms with Crippen LogP contribution in [0.15, 0.2) is 48.5 Å². The molecule has 3 aliphatic rings. The van der Waals surface area contributed by atoms with Crippen molar-refractivity contribution in [2.45, 2.75) is 18.4 Å². The molecule has 156 valence electrons. The molecule has 2 aromatic carbocycles. The van der Waals surface area contributed by atoms with Gasteiger partial charge in [0.25, 0.3) is 5.91 Å². The number of nitrogens with one attached hydrogen (secondary N) is 1. The van der Waals surface area contributed by atoms with E-state index in [1.54, 1.807) is 17.0 Å². The van der Waals surface area contributed by atoms with Crippen LogP contribution in [0.25, 0.3) is 11.3 Å². The minimum atomic E-state index is -0.776. The van der Waals surface area contributed by atoms with E-state index >= 15 is 0 Å². The fraction of sp³-hybridized carbons (Fsp3) is 0.261. The molecule has 1 atom stereocenters. The van der Waals surface area contributed by atoms with Crippen LogP contribution in [0.4, 0.5) is 0 Å². The van der Waals surface area contributed by atoms with Crippen molar-refractivity contribution in [3.05, 3.63) is 65.4 Å². The number of aromatic amines is 1. The van der Waals surface area contributed by atoms with Crippen LogP contribution in [0.5, 0.6) is 11.5 Å². The van der Waals surface area contributed by atoms with Gasteiger partial charge in [-0.3, -0.25) is 9.89 Å². The summed E-state index contributed by atoms with van der Waals surface area (Å²) in [5, 5.41) is 7.17. The zero-order valence-electron chi connectivity index (χ0n) is 16.6. The predicted octanol–water partition coefficient (Wildman–Crippen LogP) is 3.11. The van der Waals surface area contributed by atoms with Crippen molar-refractivity contribution in [3.8, 4) is 22.8 Å². The highest BCUT2D eigenvalue weighted by molar-refractivity contribution is 5.96. The molecule has 1 fully saturated rings. The van der Waals surface area contributed by atoms with E-state index in [4.69, 9.17) is 14.2 Å². The summed E-state index contributed by atoms with van der Waals surface area (Å²) in [7, 11) is 0. The van der Waals surface area contributed by atoms with Crippen molar-refractivity contribution in [1.29, 1.82) is 0 Å². The molecule has 1 spiro atoms. The molecule has 8 nitrogen and oxygen atoms in total. The summed E-state index contributed by atoms with van der Waals surface area (Å²) in [6.45, 7) is 1.12. The average molecular weight is 417 g/mol. The summed E-state index contributed by atoms with van der Waals surface area (Å²) in [5.41, 5.74) is 2.54. The third-order valence-electron chi connectivity index (χ3n) is 6.14. The molecule has 3 aliphatic heterocycles. The van der Waals surface area contributed by atoms with Gasteiger partial charge in [-0.25, -0.2) is 4.79 Å². The van der Waals surface area contributed by atoms with Gasteiger partial charge < -0.3 is 19.1 Å². The van der Waals surface area contributed by atoms with Crippen molar-refractivity contribution in [3.63, 3.8) is 0 Å². The largest absolute Gasteiger partial charge is 0.454 e. The van der Waals surface area contributed by atoms with Crippen LogP contribution in [0.1, 0.15) is 39.3 Å². The Hall–Kier alpha value is -3.81. The summed E-state index contributed by atoms with van der Waals surface area (Å²) in [4.78, 5) is 27.3. The highest BCUT2D eigenvalue weighted by Gasteiger charge is 2.48. The number of hydrogen-bond acceptors (Lipinski definition) is 6. The standard InChI is InChI=1S/C23H19N3O5/c27-21(18-11-17(24-25-18)14-6-7-19-20(10-14)30-13-29-19)26-9-3-8-23(12-26)16-5-2-1-4-15(16)22(28)31-23/h1-2,4-7,10-11H,3,8-9,12-13H2,(H,24,25). The van der Waals surface area contributed by atoms with Gasteiger partial charge in [-0.1, -0.05) is 18.2 Å². The van der Waals surface area contributed by atoms with Gasteiger partial charge >= 0.3 is 5.97 Å². The summed E-state index contributed by atoms with van der Waals surface area (Å²) in [5.74, 6) is 0.865. The minimum absolute atomic E-state index is 0.168. The van der Waals surface area contributed by atoms with E-state index in [1.165, 1.54) is 0 Å². The number of piperidine rings is 1. The number of H-pyrrole nitrogens is 1. The molecule has 6 rings (SSSR count). The molecule has 31 heavy (non-hydrogen) atoms. The van der Waals surface area contributed by atoms with Crippen LogP contribution in [0, 0.1) is 0 Å². The fourth-order valence-corrected chi connectivity index (χ4v) is 4.65. The molecule has 1 N–H and O–H groups in total. The average Bonchev–Trinajstić information content (AvgIpc) is 3.52. The van der Waals surface area contributed by atoms with Crippen LogP contribution in [-0.2, 0) is 10.3 Å². The Balaban J connectivity index is 1.26. The van der Waals surface area contributed by atoms with Gasteiger partial charge in [0.15, 0.2) is 17.1 Å². The molecule has 8 heteroatoms. The summed E-state index contributed by atoms with van der Waals surface area (Å²) >= 11 is 0. The van der Waals surface area contributed by atoms with Gasteiger partial charge in [-0.2, -0.15) is 5.10 Å². The maximum atomic E-state index is 13.2. The third-order valence-corrected chi connectivity index (χ3v) is 6.14. The van der Waals surface area contributed by atoms with E-state index in [0.717, 1.165) is 17.5 Å². The molecule has 0 bridgehead atoms. The smallest absolute Gasteiger partial charge is 0.339 e. The van der Waals surface area contributed by atoms with E-state index in [2.05, 4.69) is 10.2 Å². The van der Waals surface area contributed by atoms with Crippen LogP contribution in [-0.4, -0.2) is 46.9 Å². The van der Waals surface area contributed by atoms with Gasteiger partial charge in [0.05, 0.1) is 17.8 Å². The second kappa shape index (κ2) is 6.60. The molecule has 0 saturated carbocycles. The van der Waals surface area contributed by atoms with Crippen molar-refractivity contribution in [1.82, 2.24) is 15.1 Å². The molecule has 0 aliphatic carbocycles. The number of nitrogens with zero attached hydrogens (tertiary/aromatic N) is 2. The first-order chi connectivity index (χ1) is 15.1. The number of hydrogen-bond donors (Lipinski definition) is 1. The van der Waals surface area contributed by atoms with Gasteiger partial charge in [-0.15, -0.1) is 0 Å². The molecule has 1 saturated heterocycles. The van der Waals surface area contributed by atoms with Crippen molar-refractivity contribution in [2.24, 2.45) is 0 Å². The predicted molar refractivity (Wildman–Crippen MR) is 109 cm³/mol. The molecule has 3 aromatic rings. The Morgan fingerprint density at radius 1 is 1.10 bits per heavy atom. The second-order valence-corrected chi connectivity index (χ2v) is 7.99. The number of fused-ring (bicyclic) bond motifs is 3. The lowest BCUT2D eigenvalue weighted by atomic mass is 9.85. The van der Waals surface area contributed by atoms with E-state index in [9.17, 15) is 9.59 Å². The Morgan fingerprint density at radius 3 is 2.90 bits per heavy atom. The monoisotopic (exact) mass is 417 g/mol. The van der Waals surface area contributed by atoms with Gasteiger partial charge in [0, 0.05) is 17.7 Å². The highest BCUT2D eigenvalue weighted by atomic mass is 16.7. The van der Waals surface area contributed by atoms with Crippen LogP contribution in [0.3, 0.4) is 0 Å². The topological polar surface area (TPSA) is 93.8 Å². The zero-order valence-corrected chi connectivity index (χ0v) is 16.6. The van der Waals surface area contributed by atoms with Gasteiger partial charge in [0.2, 0.25) is 6.79 Å². The molecule has 4 heterocycles. The molecular weight excluding hydrogens is 398 g/mol. The number of aromatic nitrogens is 2. The molecule has 1 aromatic heterocycles. The lowest BCUT2D eigenvalue weighted by Gasteiger charge is -2.39.